The van der Waals surface area contributed by atoms with Gasteiger partial charge >= 0.3 is 0 Å². The molecule has 1 fully saturated rings. The maximum atomic E-state index is 12.1. The van der Waals surface area contributed by atoms with Crippen molar-refractivity contribution in [2.45, 2.75) is 54.8 Å². The molecular weight excluding hydrogens is 322 g/mol. The van der Waals surface area contributed by atoms with Crippen LogP contribution in [-0.2, 0) is 4.79 Å². The molecule has 1 aliphatic carbocycles. The fraction of sp³-hybridized carbons (Fsp3) is 0.786. The van der Waals surface area contributed by atoms with Gasteiger partial charge in [-0.3, -0.25) is 4.79 Å². The lowest BCUT2D eigenvalue weighted by Crippen LogP contribution is -2.44. The quantitative estimate of drug-likeness (QED) is 0.797. The number of rotatable bonds is 6. The van der Waals surface area contributed by atoms with Gasteiger partial charge in [0.05, 0.1) is 5.75 Å². The van der Waals surface area contributed by atoms with E-state index < -0.39 is 0 Å². The number of carbonyl (C=O) groups is 1. The van der Waals surface area contributed by atoms with Gasteiger partial charge in [-0.2, -0.15) is 0 Å². The third-order valence-corrected chi connectivity index (χ3v) is 7.11. The van der Waals surface area contributed by atoms with Gasteiger partial charge in [0.2, 0.25) is 5.91 Å². The third kappa shape index (κ3) is 5.14. The van der Waals surface area contributed by atoms with E-state index in [1.165, 1.54) is 24.6 Å². The minimum atomic E-state index is 0.117. The molecule has 2 rings (SSSR count). The van der Waals surface area contributed by atoms with Crippen molar-refractivity contribution in [3.63, 3.8) is 0 Å². The van der Waals surface area contributed by atoms with Crippen molar-refractivity contribution in [1.29, 1.82) is 0 Å². The SMILES string of the molecule is CCSc1nnc(SCC(=O)N[C@H]2CCC[C@@H](C)[C@@H]2C)s1. The number of nitrogens with one attached hydrogen (secondary N) is 1. The van der Waals surface area contributed by atoms with Crippen LogP contribution in [0.4, 0.5) is 0 Å². The zero-order valence-electron chi connectivity index (χ0n) is 12.8. The molecule has 1 heterocycles. The molecule has 1 aromatic heterocycles. The van der Waals surface area contributed by atoms with Crippen LogP contribution in [0.25, 0.3) is 0 Å². The zero-order valence-corrected chi connectivity index (χ0v) is 15.2. The van der Waals surface area contributed by atoms with E-state index in [0.717, 1.165) is 20.9 Å². The number of aromatic nitrogens is 2. The molecule has 3 atom stereocenters. The topological polar surface area (TPSA) is 54.9 Å². The maximum Gasteiger partial charge on any atom is 0.230 e. The normalized spacial score (nSPS) is 25.8. The van der Waals surface area contributed by atoms with Crippen molar-refractivity contribution < 1.29 is 4.79 Å². The summed E-state index contributed by atoms with van der Waals surface area (Å²) in [4.78, 5) is 12.1. The fourth-order valence-electron chi connectivity index (χ4n) is 2.60. The van der Waals surface area contributed by atoms with E-state index in [4.69, 9.17) is 0 Å². The van der Waals surface area contributed by atoms with Crippen LogP contribution < -0.4 is 5.32 Å². The van der Waals surface area contributed by atoms with Crippen LogP contribution >= 0.6 is 34.9 Å². The van der Waals surface area contributed by atoms with E-state index in [-0.39, 0.29) is 5.91 Å². The minimum Gasteiger partial charge on any atom is -0.352 e. The highest BCUT2D eigenvalue weighted by atomic mass is 32.2. The number of nitrogens with zero attached hydrogens (tertiary/aromatic N) is 2. The number of amides is 1. The van der Waals surface area contributed by atoms with Gasteiger partial charge < -0.3 is 5.32 Å². The monoisotopic (exact) mass is 345 g/mol. The van der Waals surface area contributed by atoms with Crippen molar-refractivity contribution in [3.05, 3.63) is 0 Å². The molecule has 1 N–H and O–H groups in total. The highest BCUT2D eigenvalue weighted by Crippen LogP contribution is 2.30. The highest BCUT2D eigenvalue weighted by Gasteiger charge is 2.28. The molecule has 0 spiro atoms. The molecule has 4 nitrogen and oxygen atoms in total. The highest BCUT2D eigenvalue weighted by molar-refractivity contribution is 8.03. The van der Waals surface area contributed by atoms with Gasteiger partial charge in [-0.05, 0) is 24.0 Å². The Kier molecular flexibility index (Phi) is 6.82. The van der Waals surface area contributed by atoms with E-state index in [1.807, 2.05) is 0 Å². The second kappa shape index (κ2) is 8.39. The lowest BCUT2D eigenvalue weighted by molar-refractivity contribution is -0.119. The van der Waals surface area contributed by atoms with Gasteiger partial charge in [-0.15, -0.1) is 10.2 Å². The molecule has 1 saturated carbocycles. The third-order valence-electron chi connectivity index (χ3n) is 4.04. The first kappa shape index (κ1) is 17.1. The van der Waals surface area contributed by atoms with Gasteiger partial charge in [-0.1, -0.05) is 68.5 Å². The second-order valence-electron chi connectivity index (χ2n) is 5.50. The summed E-state index contributed by atoms with van der Waals surface area (Å²) in [5.74, 6) is 2.82. The van der Waals surface area contributed by atoms with Gasteiger partial charge in [-0.25, -0.2) is 0 Å². The van der Waals surface area contributed by atoms with E-state index in [0.29, 0.717) is 23.6 Å². The number of thioether (sulfide) groups is 2. The average molecular weight is 346 g/mol. The lowest BCUT2D eigenvalue weighted by Gasteiger charge is -2.34. The zero-order chi connectivity index (χ0) is 15.2. The number of carbonyl (C=O) groups excluding carboxylic acids is 1. The predicted molar refractivity (Wildman–Crippen MR) is 91.1 cm³/mol. The van der Waals surface area contributed by atoms with Crippen LogP contribution in [-0.4, -0.2) is 33.7 Å². The Morgan fingerprint density at radius 2 is 2.00 bits per heavy atom. The Morgan fingerprint density at radius 3 is 2.71 bits per heavy atom. The van der Waals surface area contributed by atoms with Crippen LogP contribution in [0, 0.1) is 11.8 Å². The summed E-state index contributed by atoms with van der Waals surface area (Å²) in [6.07, 6.45) is 3.61. The van der Waals surface area contributed by atoms with Crippen molar-refractivity contribution in [2.24, 2.45) is 11.8 Å². The summed E-state index contributed by atoms with van der Waals surface area (Å²) in [6, 6.07) is 0.336. The van der Waals surface area contributed by atoms with Crippen molar-refractivity contribution >= 4 is 40.8 Å². The van der Waals surface area contributed by atoms with E-state index in [9.17, 15) is 4.79 Å². The molecule has 1 amide bonds. The Hall–Kier alpha value is -0.270. The summed E-state index contributed by atoms with van der Waals surface area (Å²) in [7, 11) is 0. The van der Waals surface area contributed by atoms with Crippen LogP contribution in [0.5, 0.6) is 0 Å². The standard InChI is InChI=1S/C14H23N3OS3/c1-4-19-13-16-17-14(21-13)20-8-12(18)15-11-7-5-6-9(2)10(11)3/h9-11H,4-8H2,1-3H3,(H,15,18)/t9-,10+,11+/m1/s1. The molecule has 0 aliphatic heterocycles. The first-order valence-electron chi connectivity index (χ1n) is 7.48. The predicted octanol–water partition coefficient (Wildman–Crippen LogP) is 3.68. The lowest BCUT2D eigenvalue weighted by atomic mass is 9.78. The second-order valence-corrected chi connectivity index (χ2v) is 9.21. The van der Waals surface area contributed by atoms with Crippen molar-refractivity contribution in [3.8, 4) is 0 Å². The summed E-state index contributed by atoms with van der Waals surface area (Å²) >= 11 is 4.75. The van der Waals surface area contributed by atoms with Crippen LogP contribution in [0.15, 0.2) is 8.68 Å². The van der Waals surface area contributed by atoms with Crippen molar-refractivity contribution in [1.82, 2.24) is 15.5 Å². The van der Waals surface area contributed by atoms with Gasteiger partial charge in [0.25, 0.3) is 0 Å². The maximum absolute atomic E-state index is 12.1. The van der Waals surface area contributed by atoms with Crippen LogP contribution in [0.1, 0.15) is 40.0 Å². The molecule has 0 saturated heterocycles. The molecule has 1 aromatic rings. The summed E-state index contributed by atoms with van der Waals surface area (Å²) in [5.41, 5.74) is 0. The fourth-order valence-corrected chi connectivity index (χ4v) is 5.33. The first-order valence-corrected chi connectivity index (χ1v) is 10.3. The molecule has 118 valence electrons. The molecule has 21 heavy (non-hydrogen) atoms. The Balaban J connectivity index is 1.76. The van der Waals surface area contributed by atoms with Crippen molar-refractivity contribution in [2.75, 3.05) is 11.5 Å². The number of hydrogen-bond donors (Lipinski definition) is 1. The Bertz CT molecular complexity index is 466. The molecule has 0 aromatic carbocycles. The molecule has 0 unspecified atom stereocenters. The molecule has 1 aliphatic rings. The van der Waals surface area contributed by atoms with Gasteiger partial charge in [0.1, 0.15) is 0 Å². The van der Waals surface area contributed by atoms with Gasteiger partial charge in [0, 0.05) is 6.04 Å². The molecule has 0 bridgehead atoms. The largest absolute Gasteiger partial charge is 0.352 e. The molecule has 7 heteroatoms. The van der Waals surface area contributed by atoms with E-state index in [2.05, 4.69) is 36.3 Å². The molecule has 0 radical (unpaired) electrons. The first-order chi connectivity index (χ1) is 10.1. The summed E-state index contributed by atoms with van der Waals surface area (Å²) < 4.78 is 1.86. The number of hydrogen-bond acceptors (Lipinski definition) is 6. The smallest absolute Gasteiger partial charge is 0.230 e. The van der Waals surface area contributed by atoms with E-state index in [1.54, 1.807) is 23.1 Å². The summed E-state index contributed by atoms with van der Waals surface area (Å²) in [5, 5.41) is 11.4. The Labute approximate surface area is 139 Å². The Morgan fingerprint density at radius 1 is 1.29 bits per heavy atom. The van der Waals surface area contributed by atoms with Gasteiger partial charge in [0.15, 0.2) is 8.68 Å². The summed E-state index contributed by atoms with van der Waals surface area (Å²) in [6.45, 7) is 6.63. The van der Waals surface area contributed by atoms with E-state index >= 15 is 0 Å². The van der Waals surface area contributed by atoms with Crippen LogP contribution in [0.3, 0.4) is 0 Å². The molecular formula is C14H23N3OS3. The minimum absolute atomic E-state index is 0.117. The van der Waals surface area contributed by atoms with Crippen LogP contribution in [0.2, 0.25) is 0 Å². The average Bonchev–Trinajstić information content (AvgIpc) is 2.90.